The van der Waals surface area contributed by atoms with Crippen LogP contribution in [0.4, 0.5) is 5.69 Å². The van der Waals surface area contributed by atoms with Crippen molar-refractivity contribution in [3.63, 3.8) is 0 Å². The number of hydrogen-bond acceptors (Lipinski definition) is 6. The maximum atomic E-state index is 5.65. The minimum absolute atomic E-state index is 0.0316. The second kappa shape index (κ2) is 5.51. The van der Waals surface area contributed by atoms with Crippen molar-refractivity contribution >= 4 is 5.69 Å². The second-order valence-electron chi connectivity index (χ2n) is 5.64. The van der Waals surface area contributed by atoms with Crippen molar-refractivity contribution in [1.29, 1.82) is 0 Å². The summed E-state index contributed by atoms with van der Waals surface area (Å²) in [5.41, 5.74) is 3.96. The molecular weight excluding hydrogens is 294 g/mol. The summed E-state index contributed by atoms with van der Waals surface area (Å²) in [7, 11) is 0. The van der Waals surface area contributed by atoms with Crippen molar-refractivity contribution < 1.29 is 9.26 Å². The van der Waals surface area contributed by atoms with Gasteiger partial charge >= 0.3 is 0 Å². The Bertz CT molecular complexity index is 792. The molecular formula is C16H17N5O2. The van der Waals surface area contributed by atoms with E-state index in [0.717, 1.165) is 28.3 Å². The molecule has 0 radical (unpaired) electrons. The molecule has 2 atom stereocenters. The minimum Gasteiger partial charge on any atom is -0.361 e. The molecule has 0 saturated carbocycles. The maximum Gasteiger partial charge on any atom is 0.159 e. The van der Waals surface area contributed by atoms with Crippen LogP contribution in [0.1, 0.15) is 28.7 Å². The highest BCUT2D eigenvalue weighted by Crippen LogP contribution is 2.38. The van der Waals surface area contributed by atoms with E-state index in [0.29, 0.717) is 6.54 Å². The van der Waals surface area contributed by atoms with Crippen molar-refractivity contribution in [2.75, 3.05) is 5.32 Å². The van der Waals surface area contributed by atoms with Crippen LogP contribution < -0.4 is 5.32 Å². The zero-order valence-corrected chi connectivity index (χ0v) is 12.9. The molecule has 1 saturated heterocycles. The lowest BCUT2D eigenvalue weighted by Gasteiger charge is -2.01. The molecule has 1 N–H and O–H groups in total. The SMILES string of the molecule is Cc1noc(C)c1Cn1cc(NC2OC2c2cccnc2)cn1. The maximum absolute atomic E-state index is 5.65. The molecule has 0 aromatic carbocycles. The van der Waals surface area contributed by atoms with Crippen LogP contribution in [-0.4, -0.2) is 26.1 Å². The minimum atomic E-state index is -0.0316. The van der Waals surface area contributed by atoms with E-state index in [4.69, 9.17) is 9.26 Å². The molecule has 2 unspecified atom stereocenters. The van der Waals surface area contributed by atoms with Crippen molar-refractivity contribution in [2.24, 2.45) is 0 Å². The zero-order valence-electron chi connectivity index (χ0n) is 12.9. The van der Waals surface area contributed by atoms with Gasteiger partial charge in [0.05, 0.1) is 24.1 Å². The van der Waals surface area contributed by atoms with Crippen LogP contribution in [0, 0.1) is 13.8 Å². The highest BCUT2D eigenvalue weighted by Gasteiger charge is 2.40. The fraction of sp³-hybridized carbons (Fsp3) is 0.312. The highest BCUT2D eigenvalue weighted by atomic mass is 16.6. The first-order chi connectivity index (χ1) is 11.2. The lowest BCUT2D eigenvalue weighted by Crippen LogP contribution is -2.04. The third kappa shape index (κ3) is 2.83. The van der Waals surface area contributed by atoms with E-state index < -0.39 is 0 Å². The van der Waals surface area contributed by atoms with Crippen LogP contribution in [0.5, 0.6) is 0 Å². The zero-order chi connectivity index (χ0) is 15.8. The molecule has 3 aromatic heterocycles. The molecule has 0 amide bonds. The Morgan fingerprint density at radius 3 is 2.96 bits per heavy atom. The molecule has 1 aliphatic heterocycles. The molecule has 4 rings (SSSR count). The predicted octanol–water partition coefficient (Wildman–Crippen LogP) is 2.44. The van der Waals surface area contributed by atoms with Crippen LogP contribution in [-0.2, 0) is 11.3 Å². The van der Waals surface area contributed by atoms with E-state index in [1.54, 1.807) is 12.4 Å². The van der Waals surface area contributed by atoms with Gasteiger partial charge in [-0.3, -0.25) is 9.67 Å². The van der Waals surface area contributed by atoms with Crippen LogP contribution >= 0.6 is 0 Å². The molecule has 23 heavy (non-hydrogen) atoms. The van der Waals surface area contributed by atoms with Crippen molar-refractivity contribution in [1.82, 2.24) is 19.9 Å². The molecule has 118 valence electrons. The number of anilines is 1. The Morgan fingerprint density at radius 1 is 1.30 bits per heavy atom. The van der Waals surface area contributed by atoms with Gasteiger partial charge in [0.25, 0.3) is 0 Å². The molecule has 1 aliphatic rings. The van der Waals surface area contributed by atoms with Gasteiger partial charge in [-0.05, 0) is 19.9 Å². The van der Waals surface area contributed by atoms with Gasteiger partial charge in [-0.2, -0.15) is 5.10 Å². The van der Waals surface area contributed by atoms with E-state index in [9.17, 15) is 0 Å². The number of pyridine rings is 1. The van der Waals surface area contributed by atoms with Crippen LogP contribution in [0.3, 0.4) is 0 Å². The van der Waals surface area contributed by atoms with Gasteiger partial charge < -0.3 is 14.6 Å². The van der Waals surface area contributed by atoms with E-state index in [1.165, 1.54) is 0 Å². The number of aryl methyl sites for hydroxylation is 2. The standard InChI is InChI=1S/C16H17N5O2/c1-10-14(11(2)23-20-10)9-21-8-13(7-18-21)19-16-15(22-16)12-4-3-5-17-6-12/h3-8,15-16,19H,9H2,1-2H3. The van der Waals surface area contributed by atoms with E-state index in [-0.39, 0.29) is 12.3 Å². The third-order valence-corrected chi connectivity index (χ3v) is 3.95. The number of aromatic nitrogens is 4. The summed E-state index contributed by atoms with van der Waals surface area (Å²) >= 11 is 0. The molecule has 0 spiro atoms. The first-order valence-electron chi connectivity index (χ1n) is 7.47. The molecule has 4 heterocycles. The van der Waals surface area contributed by atoms with Crippen LogP contribution in [0.2, 0.25) is 0 Å². The predicted molar refractivity (Wildman–Crippen MR) is 82.8 cm³/mol. The largest absolute Gasteiger partial charge is 0.361 e. The van der Waals surface area contributed by atoms with Gasteiger partial charge in [-0.15, -0.1) is 0 Å². The third-order valence-electron chi connectivity index (χ3n) is 3.95. The van der Waals surface area contributed by atoms with Gasteiger partial charge in [-0.1, -0.05) is 11.2 Å². The molecule has 3 aromatic rings. The topological polar surface area (TPSA) is 81.3 Å². The summed E-state index contributed by atoms with van der Waals surface area (Å²) in [6, 6.07) is 3.93. The summed E-state index contributed by atoms with van der Waals surface area (Å²) < 4.78 is 12.7. The van der Waals surface area contributed by atoms with Gasteiger partial charge in [0.2, 0.25) is 0 Å². The smallest absolute Gasteiger partial charge is 0.159 e. The number of epoxide rings is 1. The molecule has 1 fully saturated rings. The molecule has 7 heteroatoms. The lowest BCUT2D eigenvalue weighted by molar-refractivity contribution is 0.386. The fourth-order valence-electron chi connectivity index (χ4n) is 2.60. The summed E-state index contributed by atoms with van der Waals surface area (Å²) in [4.78, 5) is 4.11. The Morgan fingerprint density at radius 2 is 2.22 bits per heavy atom. The van der Waals surface area contributed by atoms with E-state index in [1.807, 2.05) is 43.1 Å². The number of hydrogen-bond donors (Lipinski definition) is 1. The Labute approximate surface area is 133 Å². The van der Waals surface area contributed by atoms with Gasteiger partial charge in [0.15, 0.2) is 6.23 Å². The monoisotopic (exact) mass is 311 g/mol. The van der Waals surface area contributed by atoms with Gasteiger partial charge in [0.1, 0.15) is 11.9 Å². The normalized spacial score (nSPS) is 19.7. The first kappa shape index (κ1) is 14.0. The average molecular weight is 311 g/mol. The highest BCUT2D eigenvalue weighted by molar-refractivity contribution is 5.41. The summed E-state index contributed by atoms with van der Waals surface area (Å²) in [5, 5.41) is 11.7. The van der Waals surface area contributed by atoms with Gasteiger partial charge in [-0.25, -0.2) is 0 Å². The summed E-state index contributed by atoms with van der Waals surface area (Å²) in [6.45, 7) is 4.49. The quantitative estimate of drug-likeness (QED) is 0.729. The van der Waals surface area contributed by atoms with Crippen LogP contribution in [0.15, 0.2) is 41.4 Å². The average Bonchev–Trinajstić information content (AvgIpc) is 3.08. The fourth-order valence-corrected chi connectivity index (χ4v) is 2.60. The summed E-state index contributed by atoms with van der Waals surface area (Å²) in [5.74, 6) is 0.828. The molecule has 0 bridgehead atoms. The summed E-state index contributed by atoms with van der Waals surface area (Å²) in [6.07, 6.45) is 7.35. The number of rotatable bonds is 5. The molecule has 7 nitrogen and oxygen atoms in total. The van der Waals surface area contributed by atoms with Crippen molar-refractivity contribution in [3.05, 3.63) is 59.5 Å². The van der Waals surface area contributed by atoms with Crippen LogP contribution in [0.25, 0.3) is 0 Å². The molecule has 0 aliphatic carbocycles. The Hall–Kier alpha value is -2.67. The lowest BCUT2D eigenvalue weighted by atomic mass is 10.2. The van der Waals surface area contributed by atoms with Crippen molar-refractivity contribution in [3.8, 4) is 0 Å². The number of nitrogens with one attached hydrogen (secondary N) is 1. The van der Waals surface area contributed by atoms with Gasteiger partial charge in [0, 0.05) is 29.7 Å². The second-order valence-corrected chi connectivity index (χ2v) is 5.64. The Kier molecular flexibility index (Phi) is 3.34. The van der Waals surface area contributed by atoms with Crippen molar-refractivity contribution in [2.45, 2.75) is 32.7 Å². The van der Waals surface area contributed by atoms with E-state index >= 15 is 0 Å². The number of ether oxygens (including phenoxy) is 1. The first-order valence-corrected chi connectivity index (χ1v) is 7.47. The Balaban J connectivity index is 1.40. The number of nitrogens with zero attached hydrogens (tertiary/aromatic N) is 4. The van der Waals surface area contributed by atoms with E-state index in [2.05, 4.69) is 20.6 Å².